The smallest absolute Gasteiger partial charge is 0.249 e. The number of carbonyl (C=O) groups is 1. The standard InChI is InChI=1S/C14H18Cl2N2O4S/c1-23(20,21)18(11-5-2-4-10(15)13(11)16)8-7-17-14(19)12-6-3-9-22-12/h2,4-5,12H,3,6-9H2,1H3,(H,17,19). The number of carbonyl (C=O) groups excluding carboxylic acids is 1. The molecule has 1 N–H and O–H groups in total. The van der Waals surface area contributed by atoms with E-state index in [4.69, 9.17) is 27.9 Å². The fourth-order valence-corrected chi connectivity index (χ4v) is 3.71. The Labute approximate surface area is 145 Å². The van der Waals surface area contributed by atoms with Gasteiger partial charge in [-0.25, -0.2) is 8.42 Å². The zero-order chi connectivity index (χ0) is 17.0. The van der Waals surface area contributed by atoms with Crippen molar-refractivity contribution in [2.24, 2.45) is 0 Å². The number of ether oxygens (including phenoxy) is 1. The molecule has 6 nitrogen and oxygen atoms in total. The van der Waals surface area contributed by atoms with E-state index in [1.54, 1.807) is 18.2 Å². The van der Waals surface area contributed by atoms with Crippen molar-refractivity contribution in [2.45, 2.75) is 18.9 Å². The Morgan fingerprint density at radius 2 is 2.17 bits per heavy atom. The molecule has 1 unspecified atom stereocenters. The Hall–Kier alpha value is -1.02. The molecule has 1 atom stereocenters. The number of amides is 1. The molecule has 0 saturated carbocycles. The molecule has 0 aliphatic carbocycles. The second-order valence-corrected chi connectivity index (χ2v) is 7.89. The van der Waals surface area contributed by atoms with E-state index in [9.17, 15) is 13.2 Å². The minimum Gasteiger partial charge on any atom is -0.368 e. The van der Waals surface area contributed by atoms with E-state index in [1.165, 1.54) is 0 Å². The maximum atomic E-state index is 12.0. The first-order chi connectivity index (χ1) is 10.8. The average Bonchev–Trinajstić information content (AvgIpc) is 3.00. The van der Waals surface area contributed by atoms with Crippen LogP contribution in [0, 0.1) is 0 Å². The minimum absolute atomic E-state index is 0.0529. The van der Waals surface area contributed by atoms with Crippen LogP contribution in [-0.2, 0) is 19.6 Å². The molecule has 1 aromatic carbocycles. The van der Waals surface area contributed by atoms with Gasteiger partial charge >= 0.3 is 0 Å². The molecule has 1 aliphatic heterocycles. The summed E-state index contributed by atoms with van der Waals surface area (Å²) in [6, 6.07) is 4.76. The SMILES string of the molecule is CS(=O)(=O)N(CCNC(=O)C1CCCO1)c1cccc(Cl)c1Cl. The van der Waals surface area contributed by atoms with Crippen molar-refractivity contribution in [3.05, 3.63) is 28.2 Å². The van der Waals surface area contributed by atoms with Gasteiger partial charge in [-0.2, -0.15) is 0 Å². The summed E-state index contributed by atoms with van der Waals surface area (Å²) < 4.78 is 30.4. The van der Waals surface area contributed by atoms with E-state index in [-0.39, 0.29) is 34.7 Å². The first kappa shape index (κ1) is 18.3. The Bertz CT molecular complexity index is 675. The summed E-state index contributed by atoms with van der Waals surface area (Å²) in [5.74, 6) is -0.229. The zero-order valence-electron chi connectivity index (χ0n) is 12.6. The summed E-state index contributed by atoms with van der Waals surface area (Å²) >= 11 is 12.0. The van der Waals surface area contributed by atoms with Crippen molar-refractivity contribution in [3.63, 3.8) is 0 Å². The van der Waals surface area contributed by atoms with E-state index >= 15 is 0 Å². The number of nitrogens with zero attached hydrogens (tertiary/aromatic N) is 1. The van der Waals surface area contributed by atoms with Crippen molar-refractivity contribution in [1.82, 2.24) is 5.32 Å². The zero-order valence-corrected chi connectivity index (χ0v) is 14.9. The number of hydrogen-bond donors (Lipinski definition) is 1. The summed E-state index contributed by atoms with van der Waals surface area (Å²) in [4.78, 5) is 11.9. The molecule has 1 aliphatic rings. The highest BCUT2D eigenvalue weighted by Crippen LogP contribution is 2.33. The molecule has 0 spiro atoms. The lowest BCUT2D eigenvalue weighted by Gasteiger charge is -2.24. The number of rotatable bonds is 6. The van der Waals surface area contributed by atoms with Crippen molar-refractivity contribution >= 4 is 44.8 Å². The Morgan fingerprint density at radius 1 is 1.43 bits per heavy atom. The third-order valence-electron chi connectivity index (χ3n) is 3.44. The summed E-state index contributed by atoms with van der Waals surface area (Å²) in [6.45, 7) is 0.775. The Morgan fingerprint density at radius 3 is 2.78 bits per heavy atom. The van der Waals surface area contributed by atoms with Gasteiger partial charge in [0.1, 0.15) is 6.10 Å². The molecule has 1 amide bonds. The van der Waals surface area contributed by atoms with Crippen molar-refractivity contribution in [3.8, 4) is 0 Å². The van der Waals surface area contributed by atoms with Crippen LogP contribution < -0.4 is 9.62 Å². The third-order valence-corrected chi connectivity index (χ3v) is 5.43. The van der Waals surface area contributed by atoms with Gasteiger partial charge < -0.3 is 10.1 Å². The molecule has 1 heterocycles. The Kier molecular flexibility index (Phi) is 6.13. The quantitative estimate of drug-likeness (QED) is 0.819. The first-order valence-electron chi connectivity index (χ1n) is 7.11. The van der Waals surface area contributed by atoms with Gasteiger partial charge in [0.25, 0.3) is 0 Å². The van der Waals surface area contributed by atoms with E-state index in [1.807, 2.05) is 0 Å². The highest BCUT2D eigenvalue weighted by atomic mass is 35.5. The second-order valence-electron chi connectivity index (χ2n) is 5.20. The largest absolute Gasteiger partial charge is 0.368 e. The number of anilines is 1. The topological polar surface area (TPSA) is 75.7 Å². The molecule has 128 valence electrons. The lowest BCUT2D eigenvalue weighted by atomic mass is 10.2. The van der Waals surface area contributed by atoms with Gasteiger partial charge in [-0.05, 0) is 25.0 Å². The van der Waals surface area contributed by atoms with Crippen LogP contribution in [0.25, 0.3) is 0 Å². The van der Waals surface area contributed by atoms with E-state index in [0.717, 1.165) is 17.0 Å². The lowest BCUT2D eigenvalue weighted by Crippen LogP contribution is -2.41. The van der Waals surface area contributed by atoms with Gasteiger partial charge in [-0.3, -0.25) is 9.10 Å². The minimum atomic E-state index is -3.57. The molecular formula is C14H18Cl2N2O4S. The highest BCUT2D eigenvalue weighted by Gasteiger charge is 2.25. The summed E-state index contributed by atoms with van der Waals surface area (Å²) in [6.07, 6.45) is 2.16. The monoisotopic (exact) mass is 380 g/mol. The van der Waals surface area contributed by atoms with Crippen LogP contribution in [0.15, 0.2) is 18.2 Å². The van der Waals surface area contributed by atoms with Gasteiger partial charge in [0.15, 0.2) is 0 Å². The number of halogens is 2. The highest BCUT2D eigenvalue weighted by molar-refractivity contribution is 7.92. The van der Waals surface area contributed by atoms with E-state index in [2.05, 4.69) is 5.32 Å². The maximum Gasteiger partial charge on any atom is 0.249 e. The number of hydrogen-bond acceptors (Lipinski definition) is 4. The fourth-order valence-electron chi connectivity index (χ4n) is 2.33. The molecule has 1 fully saturated rings. The number of sulfonamides is 1. The van der Waals surface area contributed by atoms with Gasteiger partial charge in [0, 0.05) is 13.2 Å². The van der Waals surface area contributed by atoms with Crippen LogP contribution in [0.5, 0.6) is 0 Å². The summed E-state index contributed by atoms with van der Waals surface area (Å²) in [5, 5.41) is 3.11. The fraction of sp³-hybridized carbons (Fsp3) is 0.500. The molecule has 0 bridgehead atoms. The van der Waals surface area contributed by atoms with Crippen LogP contribution in [0.4, 0.5) is 5.69 Å². The van der Waals surface area contributed by atoms with Gasteiger partial charge in [-0.1, -0.05) is 29.3 Å². The maximum absolute atomic E-state index is 12.0. The molecule has 1 aromatic rings. The van der Waals surface area contributed by atoms with Crippen molar-refractivity contribution in [2.75, 3.05) is 30.3 Å². The molecule has 0 aromatic heterocycles. The normalized spacial score (nSPS) is 18.0. The van der Waals surface area contributed by atoms with Crippen molar-refractivity contribution < 1.29 is 17.9 Å². The number of nitrogens with one attached hydrogen (secondary N) is 1. The predicted molar refractivity (Wildman–Crippen MR) is 90.6 cm³/mol. The average molecular weight is 381 g/mol. The van der Waals surface area contributed by atoms with Crippen LogP contribution in [0.1, 0.15) is 12.8 Å². The third kappa shape index (κ3) is 4.73. The molecule has 2 rings (SSSR count). The number of benzene rings is 1. The first-order valence-corrected chi connectivity index (χ1v) is 9.72. The molecule has 0 radical (unpaired) electrons. The lowest BCUT2D eigenvalue weighted by molar-refractivity contribution is -0.129. The summed E-state index contributed by atoms with van der Waals surface area (Å²) in [5.41, 5.74) is 0.285. The van der Waals surface area contributed by atoms with Crippen LogP contribution >= 0.6 is 23.2 Å². The van der Waals surface area contributed by atoms with Gasteiger partial charge in [-0.15, -0.1) is 0 Å². The van der Waals surface area contributed by atoms with Gasteiger partial charge in [0.05, 0.1) is 28.5 Å². The van der Waals surface area contributed by atoms with Crippen LogP contribution in [-0.4, -0.2) is 46.4 Å². The van der Waals surface area contributed by atoms with E-state index in [0.29, 0.717) is 13.0 Å². The second kappa shape index (κ2) is 7.70. The summed E-state index contributed by atoms with van der Waals surface area (Å²) in [7, 11) is -3.57. The Balaban J connectivity index is 2.05. The van der Waals surface area contributed by atoms with Crippen molar-refractivity contribution in [1.29, 1.82) is 0 Å². The van der Waals surface area contributed by atoms with E-state index < -0.39 is 16.1 Å². The molecule has 1 saturated heterocycles. The van der Waals surface area contributed by atoms with Crippen LogP contribution in [0.3, 0.4) is 0 Å². The molecule has 23 heavy (non-hydrogen) atoms. The predicted octanol–water partition coefficient (Wildman–Crippen LogP) is 2.05. The van der Waals surface area contributed by atoms with Gasteiger partial charge in [0.2, 0.25) is 15.9 Å². The molecular weight excluding hydrogens is 363 g/mol. The molecule has 9 heteroatoms. The van der Waals surface area contributed by atoms with Crippen LogP contribution in [0.2, 0.25) is 10.0 Å².